The molecule has 0 spiro atoms. The molecular weight excluding hydrogens is 458 g/mol. The molecule has 1 aromatic rings. The van der Waals surface area contributed by atoms with Crippen LogP contribution in [0.1, 0.15) is 53.9 Å². The first-order chi connectivity index (χ1) is 15.9. The summed E-state index contributed by atoms with van der Waals surface area (Å²) in [5.74, 6) is -4.55. The van der Waals surface area contributed by atoms with Crippen LogP contribution in [-0.4, -0.2) is 50.5 Å². The van der Waals surface area contributed by atoms with Crippen LogP contribution >= 0.6 is 12.2 Å². The van der Waals surface area contributed by atoms with E-state index in [0.29, 0.717) is 0 Å². The number of unbranched alkanes of at least 4 members (excludes halogenated alkanes) is 1. The Hall–Kier alpha value is -2.88. The lowest BCUT2D eigenvalue weighted by Crippen LogP contribution is -2.58. The minimum atomic E-state index is -1.75. The predicted molar refractivity (Wildman–Crippen MR) is 133 cm³/mol. The van der Waals surface area contributed by atoms with Crippen molar-refractivity contribution >= 4 is 41.0 Å². The zero-order valence-electron chi connectivity index (χ0n) is 20.3. The molecule has 9 nitrogen and oxygen atoms in total. The van der Waals surface area contributed by atoms with Crippen LogP contribution in [0, 0.1) is 17.8 Å². The molecule has 2 fully saturated rings. The minimum absolute atomic E-state index is 0.0166. The molecule has 0 saturated heterocycles. The largest absolute Gasteiger partial charge is 0.481 e. The van der Waals surface area contributed by atoms with Gasteiger partial charge in [-0.15, -0.1) is 0 Å². The molecule has 3 rings (SSSR count). The molecule has 0 aliphatic heterocycles. The molecule has 34 heavy (non-hydrogen) atoms. The summed E-state index contributed by atoms with van der Waals surface area (Å²) in [5.41, 5.74) is -1.83. The van der Waals surface area contributed by atoms with Gasteiger partial charge in [-0.25, -0.2) is 9.59 Å². The number of ether oxygens (including phenoxy) is 1. The van der Waals surface area contributed by atoms with Gasteiger partial charge in [0.05, 0.1) is 5.92 Å². The van der Waals surface area contributed by atoms with Gasteiger partial charge in [-0.2, -0.15) is 0 Å². The lowest BCUT2D eigenvalue weighted by molar-refractivity contribution is -0.147. The number of para-hydroxylation sites is 1. The van der Waals surface area contributed by atoms with E-state index in [4.69, 9.17) is 17.0 Å². The Balaban J connectivity index is 0.000000945. The summed E-state index contributed by atoms with van der Waals surface area (Å²) in [4.78, 5) is 36.3. The van der Waals surface area contributed by atoms with Crippen molar-refractivity contribution in [2.75, 3.05) is 5.32 Å². The average molecular weight is 494 g/mol. The van der Waals surface area contributed by atoms with Gasteiger partial charge in [0.2, 0.25) is 0 Å². The summed E-state index contributed by atoms with van der Waals surface area (Å²) >= 11 is 5.32. The molecule has 0 heterocycles. The molecule has 10 heteroatoms. The van der Waals surface area contributed by atoms with Crippen molar-refractivity contribution in [1.82, 2.24) is 10.6 Å². The molecule has 2 aliphatic rings. The van der Waals surface area contributed by atoms with Crippen LogP contribution in [-0.2, 0) is 14.3 Å². The second-order valence-corrected chi connectivity index (χ2v) is 10.1. The van der Waals surface area contributed by atoms with Crippen molar-refractivity contribution in [3.05, 3.63) is 30.3 Å². The highest BCUT2D eigenvalue weighted by Crippen LogP contribution is 2.62. The number of alkyl carbamates (subject to hydrolysis) is 1. The molecule has 5 atom stereocenters. The highest BCUT2D eigenvalue weighted by atomic mass is 32.1. The molecule has 1 amide bonds. The third-order valence-electron chi connectivity index (χ3n) is 5.89. The number of rotatable bonds is 6. The van der Waals surface area contributed by atoms with E-state index in [-0.39, 0.29) is 11.5 Å². The normalized spacial score (nSPS) is 26.7. The van der Waals surface area contributed by atoms with Crippen molar-refractivity contribution in [2.24, 2.45) is 17.8 Å². The van der Waals surface area contributed by atoms with E-state index in [1.165, 1.54) is 12.8 Å². The standard InChI is InChI=1S/C20H25N3O6S.C4H10/c1-19(2,3)29-18(28)23-20(16(26)27)9-11(12-13(14(12)20)15(24)25)22-17(30)21-10-7-5-4-6-8-10;1-3-4-2/h4-8,11-14H,9H2,1-3H3,(H,23,28)(H,24,25)(H,26,27)(H2,21,22,30);3-4H2,1-2H3. The summed E-state index contributed by atoms with van der Waals surface area (Å²) in [6.45, 7) is 9.34. The molecule has 1 aromatic carbocycles. The van der Waals surface area contributed by atoms with Crippen molar-refractivity contribution in [2.45, 2.75) is 71.1 Å². The van der Waals surface area contributed by atoms with Gasteiger partial charge < -0.3 is 30.9 Å². The first kappa shape index (κ1) is 27.4. The van der Waals surface area contributed by atoms with Gasteiger partial charge in [0.1, 0.15) is 11.1 Å². The quantitative estimate of drug-likeness (QED) is 0.374. The molecule has 2 aliphatic carbocycles. The number of anilines is 1. The Morgan fingerprint density at radius 1 is 1.12 bits per heavy atom. The third-order valence-corrected chi connectivity index (χ3v) is 6.11. The first-order valence-corrected chi connectivity index (χ1v) is 11.9. The maximum absolute atomic E-state index is 12.3. The van der Waals surface area contributed by atoms with Crippen LogP contribution in [0.4, 0.5) is 10.5 Å². The van der Waals surface area contributed by atoms with Crippen molar-refractivity contribution in [1.29, 1.82) is 0 Å². The van der Waals surface area contributed by atoms with Crippen LogP contribution in [0.5, 0.6) is 0 Å². The number of carboxylic acids is 2. The Bertz CT molecular complexity index is 902. The lowest BCUT2D eigenvalue weighted by atomic mass is 9.89. The number of carbonyl (C=O) groups is 3. The van der Waals surface area contributed by atoms with Gasteiger partial charge in [-0.1, -0.05) is 44.9 Å². The highest BCUT2D eigenvalue weighted by Gasteiger charge is 2.76. The fraction of sp³-hybridized carbons (Fsp3) is 0.583. The number of aliphatic carboxylic acids is 2. The van der Waals surface area contributed by atoms with E-state index in [0.717, 1.165) is 5.69 Å². The minimum Gasteiger partial charge on any atom is -0.481 e. The van der Waals surface area contributed by atoms with Crippen LogP contribution in [0.15, 0.2) is 30.3 Å². The second kappa shape index (κ2) is 11.0. The third kappa shape index (κ3) is 6.59. The molecule has 5 N–H and O–H groups in total. The topological polar surface area (TPSA) is 137 Å². The number of thiocarbonyl (C=S) groups is 1. The molecule has 0 aromatic heterocycles. The van der Waals surface area contributed by atoms with Crippen LogP contribution in [0.25, 0.3) is 0 Å². The van der Waals surface area contributed by atoms with Gasteiger partial charge in [0.15, 0.2) is 5.11 Å². The Morgan fingerprint density at radius 2 is 1.71 bits per heavy atom. The Kier molecular flexibility index (Phi) is 8.88. The van der Waals surface area contributed by atoms with E-state index in [1.54, 1.807) is 20.8 Å². The number of fused-ring (bicyclic) bond motifs is 1. The maximum Gasteiger partial charge on any atom is 0.408 e. The molecular formula is C24H35N3O6S. The molecule has 0 bridgehead atoms. The number of carbonyl (C=O) groups excluding carboxylic acids is 1. The fourth-order valence-electron chi connectivity index (χ4n) is 4.32. The SMILES string of the molecule is CC(C)(C)OC(=O)NC1(C(=O)O)CC(NC(=S)Nc2ccccc2)C2C(C(=O)O)C21.CCCC. The van der Waals surface area contributed by atoms with Gasteiger partial charge in [0, 0.05) is 24.1 Å². The van der Waals surface area contributed by atoms with E-state index >= 15 is 0 Å². The zero-order valence-corrected chi connectivity index (χ0v) is 21.1. The number of hydrogen-bond donors (Lipinski definition) is 5. The van der Waals surface area contributed by atoms with Gasteiger partial charge in [0.25, 0.3) is 0 Å². The zero-order chi connectivity index (χ0) is 25.7. The molecule has 2 saturated carbocycles. The van der Waals surface area contributed by atoms with E-state index in [9.17, 15) is 24.6 Å². The van der Waals surface area contributed by atoms with Crippen LogP contribution in [0.3, 0.4) is 0 Å². The Morgan fingerprint density at radius 3 is 2.18 bits per heavy atom. The monoisotopic (exact) mass is 493 g/mol. The maximum atomic E-state index is 12.3. The molecule has 188 valence electrons. The number of hydrogen-bond acceptors (Lipinski definition) is 5. The average Bonchev–Trinajstić information content (AvgIpc) is 3.41. The van der Waals surface area contributed by atoms with Crippen molar-refractivity contribution in [3.63, 3.8) is 0 Å². The second-order valence-electron chi connectivity index (χ2n) is 9.65. The summed E-state index contributed by atoms with van der Waals surface area (Å²) in [7, 11) is 0. The first-order valence-electron chi connectivity index (χ1n) is 11.5. The fourth-order valence-corrected chi connectivity index (χ4v) is 4.58. The van der Waals surface area contributed by atoms with Gasteiger partial charge >= 0.3 is 18.0 Å². The van der Waals surface area contributed by atoms with Crippen molar-refractivity contribution < 1.29 is 29.3 Å². The van der Waals surface area contributed by atoms with Crippen LogP contribution in [0.2, 0.25) is 0 Å². The lowest BCUT2D eigenvalue weighted by Gasteiger charge is -2.31. The van der Waals surface area contributed by atoms with E-state index < -0.39 is 53.0 Å². The van der Waals surface area contributed by atoms with Crippen molar-refractivity contribution in [3.8, 4) is 0 Å². The predicted octanol–water partition coefficient (Wildman–Crippen LogP) is 3.85. The number of amides is 1. The smallest absolute Gasteiger partial charge is 0.408 e. The Labute approximate surface area is 205 Å². The van der Waals surface area contributed by atoms with Gasteiger partial charge in [-0.05, 0) is 51.0 Å². The summed E-state index contributed by atoms with van der Waals surface area (Å²) in [6.07, 6.45) is 1.72. The van der Waals surface area contributed by atoms with E-state index in [1.807, 2.05) is 30.3 Å². The molecule has 0 radical (unpaired) electrons. The number of benzene rings is 1. The summed E-state index contributed by atoms with van der Waals surface area (Å²) in [5, 5.41) is 28.3. The van der Waals surface area contributed by atoms with Gasteiger partial charge in [-0.3, -0.25) is 4.79 Å². The molecule has 5 unspecified atom stereocenters. The number of nitrogens with one attached hydrogen (secondary N) is 3. The van der Waals surface area contributed by atoms with E-state index in [2.05, 4.69) is 29.8 Å². The van der Waals surface area contributed by atoms with Crippen LogP contribution < -0.4 is 16.0 Å². The number of carboxylic acid groups (broad SMARTS) is 2. The summed E-state index contributed by atoms with van der Waals surface area (Å²) in [6, 6.07) is 8.61. The highest BCUT2D eigenvalue weighted by molar-refractivity contribution is 7.80. The summed E-state index contributed by atoms with van der Waals surface area (Å²) < 4.78 is 5.21.